The predicted molar refractivity (Wildman–Crippen MR) is 108 cm³/mol. The van der Waals surface area contributed by atoms with Gasteiger partial charge in [-0.1, -0.05) is 13.3 Å². The molecule has 1 aromatic heterocycles. The molecule has 0 saturated carbocycles. The summed E-state index contributed by atoms with van der Waals surface area (Å²) in [5.74, 6) is -0.261. The molecule has 168 valence electrons. The van der Waals surface area contributed by atoms with Crippen molar-refractivity contribution >= 4 is 18.1 Å². The van der Waals surface area contributed by atoms with Crippen LogP contribution in [0.2, 0.25) is 0 Å². The van der Waals surface area contributed by atoms with Gasteiger partial charge in [0.25, 0.3) is 0 Å². The van der Waals surface area contributed by atoms with E-state index < -0.39 is 17.7 Å². The SMILES string of the molecule is CCCCOC(=O)N1CCN(C(=O)[C@H](Cc2cn[nH]n2)NC(=O)OC(C)(C)C)CC1. The monoisotopic (exact) mass is 424 g/mol. The molecule has 0 radical (unpaired) electrons. The standard InChI is InChI=1S/C19H32N6O5/c1-5-6-11-29-18(28)25-9-7-24(8-10-25)16(26)15(12-14-13-20-23-22-14)21-17(27)30-19(2,3)4/h13,15H,5-12H2,1-4H3,(H,21,27)(H,20,22,23)/t15-/m0/s1. The van der Waals surface area contributed by atoms with Crippen molar-refractivity contribution in [3.8, 4) is 0 Å². The van der Waals surface area contributed by atoms with E-state index in [1.54, 1.807) is 30.6 Å². The number of carbonyl (C=O) groups excluding carboxylic acids is 3. The minimum atomic E-state index is -0.854. The van der Waals surface area contributed by atoms with Gasteiger partial charge in [0.1, 0.15) is 11.6 Å². The summed E-state index contributed by atoms with van der Waals surface area (Å²) in [6, 6.07) is -0.854. The van der Waals surface area contributed by atoms with Crippen molar-refractivity contribution in [1.82, 2.24) is 30.5 Å². The van der Waals surface area contributed by atoms with E-state index in [0.29, 0.717) is 38.5 Å². The number of hydrogen-bond acceptors (Lipinski definition) is 7. The van der Waals surface area contributed by atoms with Crippen molar-refractivity contribution in [2.24, 2.45) is 0 Å². The van der Waals surface area contributed by atoms with Gasteiger partial charge in [-0.3, -0.25) is 4.79 Å². The molecule has 1 aliphatic heterocycles. The van der Waals surface area contributed by atoms with Gasteiger partial charge in [-0.15, -0.1) is 0 Å². The maximum absolute atomic E-state index is 13.1. The molecule has 11 heteroatoms. The van der Waals surface area contributed by atoms with Gasteiger partial charge in [0.2, 0.25) is 5.91 Å². The number of ether oxygens (including phenoxy) is 2. The molecule has 30 heavy (non-hydrogen) atoms. The predicted octanol–water partition coefficient (Wildman–Crippen LogP) is 1.32. The number of piperazine rings is 1. The summed E-state index contributed by atoms with van der Waals surface area (Å²) in [4.78, 5) is 40.6. The van der Waals surface area contributed by atoms with Gasteiger partial charge >= 0.3 is 12.2 Å². The summed E-state index contributed by atoms with van der Waals surface area (Å²) in [7, 11) is 0. The summed E-state index contributed by atoms with van der Waals surface area (Å²) in [6.45, 7) is 9.13. The Bertz CT molecular complexity index is 695. The van der Waals surface area contributed by atoms with Crippen molar-refractivity contribution in [2.45, 2.75) is 58.6 Å². The molecule has 1 saturated heterocycles. The van der Waals surface area contributed by atoms with E-state index in [1.165, 1.54) is 6.20 Å². The Labute approximate surface area is 176 Å². The Morgan fingerprint density at radius 1 is 1.20 bits per heavy atom. The third kappa shape index (κ3) is 7.53. The highest BCUT2D eigenvalue weighted by Gasteiger charge is 2.32. The number of aromatic amines is 1. The lowest BCUT2D eigenvalue weighted by atomic mass is 10.1. The topological polar surface area (TPSA) is 130 Å². The molecular weight excluding hydrogens is 392 g/mol. The van der Waals surface area contributed by atoms with Crippen LogP contribution in [0.4, 0.5) is 9.59 Å². The van der Waals surface area contributed by atoms with E-state index in [9.17, 15) is 14.4 Å². The molecule has 0 aromatic carbocycles. The van der Waals surface area contributed by atoms with E-state index in [0.717, 1.165) is 12.8 Å². The first-order chi connectivity index (χ1) is 14.2. The van der Waals surface area contributed by atoms with Crippen molar-refractivity contribution < 1.29 is 23.9 Å². The van der Waals surface area contributed by atoms with Crippen LogP contribution < -0.4 is 5.32 Å². The molecule has 11 nitrogen and oxygen atoms in total. The smallest absolute Gasteiger partial charge is 0.409 e. The molecule has 1 fully saturated rings. The zero-order chi connectivity index (χ0) is 22.1. The zero-order valence-electron chi connectivity index (χ0n) is 18.1. The summed E-state index contributed by atoms with van der Waals surface area (Å²) >= 11 is 0. The molecule has 2 rings (SSSR count). The van der Waals surface area contributed by atoms with Crippen LogP contribution in [0.15, 0.2) is 6.20 Å². The minimum Gasteiger partial charge on any atom is -0.449 e. The van der Waals surface area contributed by atoms with Gasteiger partial charge < -0.3 is 24.6 Å². The van der Waals surface area contributed by atoms with Gasteiger partial charge in [-0.2, -0.15) is 15.4 Å². The van der Waals surface area contributed by atoms with Crippen LogP contribution in [-0.2, 0) is 20.7 Å². The molecule has 1 atom stereocenters. The number of hydrogen-bond donors (Lipinski definition) is 2. The van der Waals surface area contributed by atoms with Crippen LogP contribution in [0.5, 0.6) is 0 Å². The van der Waals surface area contributed by atoms with Crippen LogP contribution >= 0.6 is 0 Å². The average molecular weight is 425 g/mol. The molecule has 2 N–H and O–H groups in total. The van der Waals surface area contributed by atoms with E-state index in [-0.39, 0.29) is 18.4 Å². The Balaban J connectivity index is 1.95. The normalized spacial score (nSPS) is 15.5. The number of unbranched alkanes of at least 4 members (excludes halogenated alkanes) is 1. The van der Waals surface area contributed by atoms with Gasteiger partial charge in [0.05, 0.1) is 18.5 Å². The third-order valence-electron chi connectivity index (χ3n) is 4.44. The van der Waals surface area contributed by atoms with Crippen molar-refractivity contribution in [2.75, 3.05) is 32.8 Å². The summed E-state index contributed by atoms with van der Waals surface area (Å²) < 4.78 is 10.5. The molecular formula is C19H32N6O5. The van der Waals surface area contributed by atoms with Crippen molar-refractivity contribution in [3.63, 3.8) is 0 Å². The van der Waals surface area contributed by atoms with Gasteiger partial charge in [-0.05, 0) is 27.2 Å². The third-order valence-corrected chi connectivity index (χ3v) is 4.44. The Morgan fingerprint density at radius 3 is 2.43 bits per heavy atom. The van der Waals surface area contributed by atoms with Crippen LogP contribution in [0, 0.1) is 0 Å². The highest BCUT2D eigenvalue weighted by molar-refractivity contribution is 5.86. The number of nitrogens with one attached hydrogen (secondary N) is 2. The summed E-state index contributed by atoms with van der Waals surface area (Å²) in [5.41, 5.74) is -0.141. The lowest BCUT2D eigenvalue weighted by Crippen LogP contribution is -2.56. The zero-order valence-corrected chi connectivity index (χ0v) is 18.1. The lowest BCUT2D eigenvalue weighted by molar-refractivity contribution is -0.135. The quantitative estimate of drug-likeness (QED) is 0.631. The first kappa shape index (κ1) is 23.4. The Morgan fingerprint density at radius 2 is 1.87 bits per heavy atom. The average Bonchev–Trinajstić information content (AvgIpc) is 3.19. The van der Waals surface area contributed by atoms with E-state index in [1.807, 2.05) is 6.92 Å². The first-order valence-electron chi connectivity index (χ1n) is 10.2. The maximum atomic E-state index is 13.1. The molecule has 0 unspecified atom stereocenters. The summed E-state index contributed by atoms with van der Waals surface area (Å²) in [5, 5.41) is 12.8. The lowest BCUT2D eigenvalue weighted by Gasteiger charge is -2.36. The fraction of sp³-hybridized carbons (Fsp3) is 0.737. The fourth-order valence-electron chi connectivity index (χ4n) is 2.91. The number of alkyl carbamates (subject to hydrolysis) is 1. The van der Waals surface area contributed by atoms with E-state index >= 15 is 0 Å². The molecule has 3 amide bonds. The van der Waals surface area contributed by atoms with E-state index in [2.05, 4.69) is 20.7 Å². The fourth-order valence-corrected chi connectivity index (χ4v) is 2.91. The maximum Gasteiger partial charge on any atom is 0.409 e. The van der Waals surface area contributed by atoms with E-state index in [4.69, 9.17) is 9.47 Å². The second-order valence-corrected chi connectivity index (χ2v) is 8.14. The van der Waals surface area contributed by atoms with Crippen LogP contribution in [-0.4, -0.2) is 87.7 Å². The highest BCUT2D eigenvalue weighted by Crippen LogP contribution is 2.11. The first-order valence-corrected chi connectivity index (χ1v) is 10.2. The van der Waals surface area contributed by atoms with Gasteiger partial charge in [0, 0.05) is 32.6 Å². The Hall–Kier alpha value is -2.85. The number of aromatic nitrogens is 3. The van der Waals surface area contributed by atoms with Gasteiger partial charge in [0.15, 0.2) is 0 Å². The second-order valence-electron chi connectivity index (χ2n) is 8.14. The molecule has 0 aliphatic carbocycles. The minimum absolute atomic E-state index is 0.174. The molecule has 2 heterocycles. The van der Waals surface area contributed by atoms with Gasteiger partial charge in [-0.25, -0.2) is 9.59 Å². The van der Waals surface area contributed by atoms with Crippen LogP contribution in [0.3, 0.4) is 0 Å². The molecule has 0 bridgehead atoms. The largest absolute Gasteiger partial charge is 0.449 e. The number of carbonyl (C=O) groups is 3. The van der Waals surface area contributed by atoms with Crippen molar-refractivity contribution in [3.05, 3.63) is 11.9 Å². The summed E-state index contributed by atoms with van der Waals surface area (Å²) in [6.07, 6.45) is 2.41. The van der Waals surface area contributed by atoms with Crippen molar-refractivity contribution in [1.29, 1.82) is 0 Å². The number of nitrogens with zero attached hydrogens (tertiary/aromatic N) is 4. The Kier molecular flexibility index (Phi) is 8.43. The number of rotatable bonds is 7. The molecule has 0 spiro atoms. The second kappa shape index (κ2) is 10.8. The molecule has 1 aliphatic rings. The number of H-pyrrole nitrogens is 1. The molecule has 1 aromatic rings. The van der Waals surface area contributed by atoms with Crippen LogP contribution in [0.1, 0.15) is 46.2 Å². The van der Waals surface area contributed by atoms with Crippen LogP contribution in [0.25, 0.3) is 0 Å². The highest BCUT2D eigenvalue weighted by atomic mass is 16.6. The number of amides is 3.